The van der Waals surface area contributed by atoms with Gasteiger partial charge in [0, 0.05) is 22.7 Å². The van der Waals surface area contributed by atoms with Crippen molar-refractivity contribution in [3.05, 3.63) is 30.1 Å². The molecule has 0 amide bonds. The number of likely N-dealkylation sites (tertiary alicyclic amines) is 1. The van der Waals surface area contributed by atoms with Crippen LogP contribution < -0.4 is 0 Å². The monoisotopic (exact) mass is 239 g/mol. The van der Waals surface area contributed by atoms with Crippen molar-refractivity contribution in [1.29, 1.82) is 0 Å². The van der Waals surface area contributed by atoms with Gasteiger partial charge in [-0.25, -0.2) is 4.39 Å². The van der Waals surface area contributed by atoms with Crippen LogP contribution in [0.5, 0.6) is 0 Å². The van der Waals surface area contributed by atoms with Gasteiger partial charge >= 0.3 is 0 Å². The average Bonchev–Trinajstić information content (AvgIpc) is 2.70. The summed E-state index contributed by atoms with van der Waals surface area (Å²) in [5.41, 5.74) is 0. The van der Waals surface area contributed by atoms with Crippen LogP contribution in [0.1, 0.15) is 20.3 Å². The minimum atomic E-state index is -0.153. The average molecular weight is 239 g/mol. The zero-order valence-corrected chi connectivity index (χ0v) is 10.6. The Morgan fingerprint density at radius 3 is 2.56 bits per heavy atom. The minimum absolute atomic E-state index is 0.153. The van der Waals surface area contributed by atoms with Crippen LogP contribution in [0.25, 0.3) is 0 Å². The summed E-state index contributed by atoms with van der Waals surface area (Å²) in [5, 5.41) is 0.660. The van der Waals surface area contributed by atoms with E-state index in [-0.39, 0.29) is 5.82 Å². The van der Waals surface area contributed by atoms with Gasteiger partial charge in [-0.15, -0.1) is 11.8 Å². The lowest BCUT2D eigenvalue weighted by Crippen LogP contribution is -2.28. The molecule has 1 nitrogen and oxygen atoms in total. The largest absolute Gasteiger partial charge is 0.300 e. The van der Waals surface area contributed by atoms with Gasteiger partial charge in [-0.2, -0.15) is 0 Å². The highest BCUT2D eigenvalue weighted by Gasteiger charge is 2.24. The standard InChI is InChI=1S/C13H18FNS/c1-10(2)15-8-7-13(9-15)16-12-5-3-11(14)4-6-12/h3-6,10,13H,7-9H2,1-2H3/t13-/m0/s1. The first kappa shape index (κ1) is 11.9. The Morgan fingerprint density at radius 2 is 2.00 bits per heavy atom. The van der Waals surface area contributed by atoms with Crippen LogP contribution in [0.2, 0.25) is 0 Å². The minimum Gasteiger partial charge on any atom is -0.300 e. The lowest BCUT2D eigenvalue weighted by atomic mass is 10.3. The second-order valence-corrected chi connectivity index (χ2v) is 5.94. The molecule has 1 aliphatic heterocycles. The highest BCUT2D eigenvalue weighted by molar-refractivity contribution is 8.00. The summed E-state index contributed by atoms with van der Waals surface area (Å²) in [6, 6.07) is 7.46. The van der Waals surface area contributed by atoms with E-state index in [4.69, 9.17) is 0 Å². The molecule has 1 aromatic carbocycles. The molecule has 2 rings (SSSR count). The van der Waals surface area contributed by atoms with E-state index in [1.165, 1.54) is 30.0 Å². The maximum Gasteiger partial charge on any atom is 0.123 e. The van der Waals surface area contributed by atoms with E-state index >= 15 is 0 Å². The molecule has 1 atom stereocenters. The second-order valence-electron chi connectivity index (χ2n) is 4.57. The van der Waals surface area contributed by atoms with E-state index in [1.807, 2.05) is 23.9 Å². The molecular weight excluding hydrogens is 221 g/mol. The lowest BCUT2D eigenvalue weighted by molar-refractivity contribution is 0.277. The second kappa shape index (κ2) is 5.19. The molecule has 0 aliphatic carbocycles. The molecule has 0 spiro atoms. The van der Waals surface area contributed by atoms with Crippen molar-refractivity contribution >= 4 is 11.8 Å². The van der Waals surface area contributed by atoms with Crippen LogP contribution in [0, 0.1) is 5.82 Å². The van der Waals surface area contributed by atoms with E-state index in [2.05, 4.69) is 18.7 Å². The summed E-state index contributed by atoms with van der Waals surface area (Å²) in [6.07, 6.45) is 1.24. The zero-order valence-electron chi connectivity index (χ0n) is 9.82. The fraction of sp³-hybridized carbons (Fsp3) is 0.538. The van der Waals surface area contributed by atoms with Crippen molar-refractivity contribution in [3.8, 4) is 0 Å². The van der Waals surface area contributed by atoms with E-state index in [0.717, 1.165) is 6.54 Å². The molecule has 88 valence electrons. The molecule has 0 bridgehead atoms. The fourth-order valence-corrected chi connectivity index (χ4v) is 3.19. The molecule has 0 unspecified atom stereocenters. The lowest BCUT2D eigenvalue weighted by Gasteiger charge is -2.19. The van der Waals surface area contributed by atoms with Gasteiger partial charge in [0.1, 0.15) is 5.82 Å². The van der Waals surface area contributed by atoms with Crippen molar-refractivity contribution in [2.24, 2.45) is 0 Å². The Balaban J connectivity index is 1.89. The molecule has 1 saturated heterocycles. The van der Waals surface area contributed by atoms with Crippen molar-refractivity contribution in [2.75, 3.05) is 13.1 Å². The maximum absolute atomic E-state index is 12.8. The summed E-state index contributed by atoms with van der Waals surface area (Å²) in [6.45, 7) is 6.83. The van der Waals surface area contributed by atoms with Crippen LogP contribution in [0.4, 0.5) is 4.39 Å². The number of rotatable bonds is 3. The third kappa shape index (κ3) is 2.98. The smallest absolute Gasteiger partial charge is 0.123 e. The normalized spacial score (nSPS) is 21.9. The summed E-state index contributed by atoms with van der Waals surface area (Å²) in [4.78, 5) is 3.68. The molecule has 3 heteroatoms. The number of hydrogen-bond donors (Lipinski definition) is 0. The van der Waals surface area contributed by atoms with Crippen molar-refractivity contribution in [1.82, 2.24) is 4.90 Å². The fourth-order valence-electron chi connectivity index (χ4n) is 2.02. The van der Waals surface area contributed by atoms with Crippen molar-refractivity contribution in [3.63, 3.8) is 0 Å². The molecule has 1 aliphatic rings. The quantitative estimate of drug-likeness (QED) is 0.795. The van der Waals surface area contributed by atoms with Crippen LogP contribution in [-0.4, -0.2) is 29.3 Å². The predicted octanol–water partition coefficient (Wildman–Crippen LogP) is 3.40. The summed E-state index contributed by atoms with van der Waals surface area (Å²) >= 11 is 1.87. The van der Waals surface area contributed by atoms with Crippen molar-refractivity contribution in [2.45, 2.75) is 36.5 Å². The first-order chi connectivity index (χ1) is 7.65. The molecular formula is C13H18FNS. The predicted molar refractivity (Wildman–Crippen MR) is 67.4 cm³/mol. The SMILES string of the molecule is CC(C)N1CC[C@H](Sc2ccc(F)cc2)C1. The van der Waals surface area contributed by atoms with Gasteiger partial charge in [0.2, 0.25) is 0 Å². The molecule has 16 heavy (non-hydrogen) atoms. The van der Waals surface area contributed by atoms with Gasteiger partial charge in [-0.3, -0.25) is 4.90 Å². The molecule has 0 N–H and O–H groups in total. The number of hydrogen-bond acceptors (Lipinski definition) is 2. The Morgan fingerprint density at radius 1 is 1.31 bits per heavy atom. The summed E-state index contributed by atoms with van der Waals surface area (Å²) < 4.78 is 12.8. The first-order valence-corrected chi connectivity index (χ1v) is 6.69. The van der Waals surface area contributed by atoms with Crippen molar-refractivity contribution < 1.29 is 4.39 Å². The Labute approximate surface area is 101 Å². The first-order valence-electron chi connectivity index (χ1n) is 5.81. The highest BCUT2D eigenvalue weighted by atomic mass is 32.2. The van der Waals surface area contributed by atoms with Gasteiger partial charge < -0.3 is 0 Å². The van der Waals surface area contributed by atoms with Gasteiger partial charge in [0.15, 0.2) is 0 Å². The van der Waals surface area contributed by atoms with Gasteiger partial charge in [-0.05, 0) is 51.1 Å². The number of halogens is 1. The van der Waals surface area contributed by atoms with Gasteiger partial charge in [-0.1, -0.05) is 0 Å². The zero-order chi connectivity index (χ0) is 11.5. The molecule has 0 saturated carbocycles. The number of benzene rings is 1. The Bertz CT molecular complexity index is 336. The Kier molecular flexibility index (Phi) is 3.87. The molecule has 0 aromatic heterocycles. The third-order valence-corrected chi connectivity index (χ3v) is 4.29. The van der Waals surface area contributed by atoms with Gasteiger partial charge in [0.05, 0.1) is 0 Å². The Hall–Kier alpha value is -0.540. The van der Waals surface area contributed by atoms with E-state index in [0.29, 0.717) is 11.3 Å². The van der Waals surface area contributed by atoms with Crippen LogP contribution in [0.3, 0.4) is 0 Å². The summed E-state index contributed by atoms with van der Waals surface area (Å²) in [7, 11) is 0. The summed E-state index contributed by atoms with van der Waals surface area (Å²) in [5.74, 6) is -0.153. The van der Waals surface area contributed by atoms with Crippen LogP contribution >= 0.6 is 11.8 Å². The van der Waals surface area contributed by atoms with Crippen LogP contribution in [0.15, 0.2) is 29.2 Å². The molecule has 1 aromatic rings. The highest BCUT2D eigenvalue weighted by Crippen LogP contribution is 2.30. The number of nitrogens with zero attached hydrogens (tertiary/aromatic N) is 1. The maximum atomic E-state index is 12.8. The molecule has 1 heterocycles. The molecule has 1 fully saturated rings. The number of thioether (sulfide) groups is 1. The molecule has 0 radical (unpaired) electrons. The van der Waals surface area contributed by atoms with E-state index in [9.17, 15) is 4.39 Å². The van der Waals surface area contributed by atoms with Crippen LogP contribution in [-0.2, 0) is 0 Å². The van der Waals surface area contributed by atoms with E-state index < -0.39 is 0 Å². The topological polar surface area (TPSA) is 3.24 Å². The third-order valence-electron chi connectivity index (χ3n) is 3.02. The van der Waals surface area contributed by atoms with E-state index in [1.54, 1.807) is 0 Å². The van der Waals surface area contributed by atoms with Gasteiger partial charge in [0.25, 0.3) is 0 Å².